The number of thiophene rings is 1. The monoisotopic (exact) mass is 324 g/mol. The van der Waals surface area contributed by atoms with Gasteiger partial charge in [-0.15, -0.1) is 11.3 Å². The number of carbonyl (C=O) groups excluding carboxylic acids is 2. The second-order valence-corrected chi connectivity index (χ2v) is 5.74. The lowest BCUT2D eigenvalue weighted by Gasteiger charge is -2.07. The van der Waals surface area contributed by atoms with E-state index in [0.717, 1.165) is 29.0 Å². The molecule has 0 aliphatic rings. The van der Waals surface area contributed by atoms with E-state index < -0.39 is 23.4 Å². The highest BCUT2D eigenvalue weighted by Crippen LogP contribution is 2.22. The molecule has 4 nitrogen and oxygen atoms in total. The molecule has 2 N–H and O–H groups in total. The molecule has 0 unspecified atom stereocenters. The fourth-order valence-corrected chi connectivity index (χ4v) is 2.91. The molecular weight excluding hydrogens is 310 g/mol. The summed E-state index contributed by atoms with van der Waals surface area (Å²) in [5, 5.41) is 0. The van der Waals surface area contributed by atoms with Gasteiger partial charge >= 0.3 is 0 Å². The van der Waals surface area contributed by atoms with Crippen LogP contribution in [0, 0.1) is 18.6 Å². The van der Waals surface area contributed by atoms with Gasteiger partial charge in [0.05, 0.1) is 10.4 Å². The first kappa shape index (κ1) is 16.1. The maximum absolute atomic E-state index is 13.4. The van der Waals surface area contributed by atoms with Crippen molar-refractivity contribution in [2.75, 3.05) is 0 Å². The topological polar surface area (TPSA) is 58.2 Å². The van der Waals surface area contributed by atoms with Gasteiger partial charge in [0.25, 0.3) is 11.8 Å². The molecule has 0 atom stereocenters. The maximum atomic E-state index is 13.4. The Morgan fingerprint density at radius 2 is 1.82 bits per heavy atom. The van der Waals surface area contributed by atoms with Gasteiger partial charge < -0.3 is 0 Å². The van der Waals surface area contributed by atoms with E-state index in [4.69, 9.17) is 0 Å². The number of rotatable bonds is 3. The second-order valence-electron chi connectivity index (χ2n) is 4.60. The van der Waals surface area contributed by atoms with E-state index in [1.165, 1.54) is 11.3 Å². The SMILES string of the molecule is CCc1sc(C(=O)NNC(=O)c2ccc(F)cc2F)cc1C. The van der Waals surface area contributed by atoms with Gasteiger partial charge in [0.15, 0.2) is 0 Å². The Bertz CT molecular complexity index is 728. The van der Waals surface area contributed by atoms with Crippen molar-refractivity contribution in [3.05, 3.63) is 56.8 Å². The van der Waals surface area contributed by atoms with Crippen LogP contribution in [0.25, 0.3) is 0 Å². The van der Waals surface area contributed by atoms with Crippen LogP contribution in [0.4, 0.5) is 8.78 Å². The molecule has 0 fully saturated rings. The molecule has 1 aromatic heterocycles. The van der Waals surface area contributed by atoms with Crippen molar-refractivity contribution in [1.82, 2.24) is 10.9 Å². The number of hydrogen-bond acceptors (Lipinski definition) is 3. The molecule has 1 aromatic carbocycles. The first-order valence-corrected chi connectivity index (χ1v) is 7.39. The molecule has 2 amide bonds. The molecule has 22 heavy (non-hydrogen) atoms. The minimum Gasteiger partial charge on any atom is -0.267 e. The number of hydrazine groups is 1. The number of halogens is 2. The average molecular weight is 324 g/mol. The lowest BCUT2D eigenvalue weighted by atomic mass is 10.2. The number of benzene rings is 1. The van der Waals surface area contributed by atoms with Crippen LogP contribution in [0.15, 0.2) is 24.3 Å². The molecule has 2 rings (SSSR count). The molecule has 0 aliphatic carbocycles. The Morgan fingerprint density at radius 1 is 1.14 bits per heavy atom. The van der Waals surface area contributed by atoms with Crippen LogP contribution in [-0.2, 0) is 6.42 Å². The Balaban J connectivity index is 2.02. The van der Waals surface area contributed by atoms with Crippen LogP contribution in [0.3, 0.4) is 0 Å². The third kappa shape index (κ3) is 3.48. The van der Waals surface area contributed by atoms with Crippen molar-refractivity contribution in [2.24, 2.45) is 0 Å². The van der Waals surface area contributed by atoms with E-state index in [1.54, 1.807) is 6.07 Å². The minimum absolute atomic E-state index is 0.349. The second kappa shape index (κ2) is 6.65. The van der Waals surface area contributed by atoms with E-state index in [2.05, 4.69) is 10.9 Å². The molecule has 0 spiro atoms. The van der Waals surface area contributed by atoms with Gasteiger partial charge in [-0.3, -0.25) is 20.4 Å². The quantitative estimate of drug-likeness (QED) is 0.853. The fraction of sp³-hybridized carbons (Fsp3) is 0.200. The highest BCUT2D eigenvalue weighted by molar-refractivity contribution is 7.14. The van der Waals surface area contributed by atoms with E-state index in [1.807, 2.05) is 13.8 Å². The molecule has 2 aromatic rings. The largest absolute Gasteiger partial charge is 0.279 e. The molecule has 7 heteroatoms. The van der Waals surface area contributed by atoms with Crippen molar-refractivity contribution in [3.63, 3.8) is 0 Å². The smallest absolute Gasteiger partial charge is 0.267 e. The van der Waals surface area contributed by atoms with Gasteiger partial charge in [-0.05, 0) is 37.1 Å². The summed E-state index contributed by atoms with van der Waals surface area (Å²) in [4.78, 5) is 25.2. The number of hydrogen-bond donors (Lipinski definition) is 2. The summed E-state index contributed by atoms with van der Waals surface area (Å²) in [7, 11) is 0. The summed E-state index contributed by atoms with van der Waals surface area (Å²) in [5.41, 5.74) is 4.98. The van der Waals surface area contributed by atoms with Crippen LogP contribution >= 0.6 is 11.3 Å². The lowest BCUT2D eigenvalue weighted by molar-refractivity contribution is 0.0846. The first-order chi connectivity index (χ1) is 10.4. The molecular formula is C15H14F2N2O2S. The minimum atomic E-state index is -0.994. The Hall–Kier alpha value is -2.28. The van der Waals surface area contributed by atoms with Crippen LogP contribution in [-0.4, -0.2) is 11.8 Å². The van der Waals surface area contributed by atoms with E-state index in [-0.39, 0.29) is 5.56 Å². The predicted octanol–water partition coefficient (Wildman–Crippen LogP) is 2.97. The normalized spacial score (nSPS) is 10.4. The summed E-state index contributed by atoms with van der Waals surface area (Å²) in [5.74, 6) is -3.11. The molecule has 0 bridgehead atoms. The van der Waals surface area contributed by atoms with Gasteiger partial charge in [-0.2, -0.15) is 0 Å². The molecule has 0 saturated carbocycles. The average Bonchev–Trinajstić information content (AvgIpc) is 2.85. The number of nitrogens with one attached hydrogen (secondary N) is 2. The molecule has 1 heterocycles. The van der Waals surface area contributed by atoms with Crippen LogP contribution in [0.5, 0.6) is 0 Å². The van der Waals surface area contributed by atoms with Gasteiger partial charge in [-0.1, -0.05) is 6.92 Å². The zero-order valence-electron chi connectivity index (χ0n) is 12.0. The van der Waals surface area contributed by atoms with Gasteiger partial charge in [-0.25, -0.2) is 8.78 Å². The van der Waals surface area contributed by atoms with Crippen molar-refractivity contribution < 1.29 is 18.4 Å². The fourth-order valence-electron chi connectivity index (χ4n) is 1.90. The van der Waals surface area contributed by atoms with Gasteiger partial charge in [0, 0.05) is 10.9 Å². The summed E-state index contributed by atoms with van der Waals surface area (Å²) >= 11 is 1.33. The Kier molecular flexibility index (Phi) is 4.87. The highest BCUT2D eigenvalue weighted by atomic mass is 32.1. The molecule has 116 valence electrons. The number of carbonyl (C=O) groups is 2. The van der Waals surface area contributed by atoms with Crippen molar-refractivity contribution in [1.29, 1.82) is 0 Å². The van der Waals surface area contributed by atoms with Crippen molar-refractivity contribution in [3.8, 4) is 0 Å². The van der Waals surface area contributed by atoms with Crippen molar-refractivity contribution >= 4 is 23.2 Å². The zero-order chi connectivity index (χ0) is 16.3. The summed E-state index contributed by atoms with van der Waals surface area (Å²) in [6.07, 6.45) is 0.816. The van der Waals surface area contributed by atoms with E-state index in [0.29, 0.717) is 10.9 Å². The predicted molar refractivity (Wildman–Crippen MR) is 79.7 cm³/mol. The number of aryl methyl sites for hydroxylation is 2. The zero-order valence-corrected chi connectivity index (χ0v) is 12.8. The summed E-state index contributed by atoms with van der Waals surface area (Å²) in [6.45, 7) is 3.89. The molecule has 0 aliphatic heterocycles. The van der Waals surface area contributed by atoms with Gasteiger partial charge in [0.1, 0.15) is 11.6 Å². The van der Waals surface area contributed by atoms with Crippen LogP contribution in [0.1, 0.15) is 37.4 Å². The first-order valence-electron chi connectivity index (χ1n) is 6.57. The third-order valence-electron chi connectivity index (χ3n) is 3.03. The highest BCUT2D eigenvalue weighted by Gasteiger charge is 2.15. The molecule has 0 saturated heterocycles. The van der Waals surface area contributed by atoms with E-state index in [9.17, 15) is 18.4 Å². The lowest BCUT2D eigenvalue weighted by Crippen LogP contribution is -2.41. The van der Waals surface area contributed by atoms with Gasteiger partial charge in [0.2, 0.25) is 0 Å². The van der Waals surface area contributed by atoms with Crippen LogP contribution < -0.4 is 10.9 Å². The van der Waals surface area contributed by atoms with Crippen LogP contribution in [0.2, 0.25) is 0 Å². The summed E-state index contributed by atoms with van der Waals surface area (Å²) in [6, 6.07) is 4.31. The molecule has 0 radical (unpaired) electrons. The van der Waals surface area contributed by atoms with E-state index >= 15 is 0 Å². The third-order valence-corrected chi connectivity index (χ3v) is 4.41. The van der Waals surface area contributed by atoms with Crippen molar-refractivity contribution in [2.45, 2.75) is 20.3 Å². The Labute approximate surface area is 130 Å². The summed E-state index contributed by atoms with van der Waals surface area (Å²) < 4.78 is 26.2. The standard InChI is InChI=1S/C15H14F2N2O2S/c1-3-12-8(2)6-13(22-12)15(21)19-18-14(20)10-5-4-9(16)7-11(10)17/h4-7H,3H2,1-2H3,(H,18,20)(H,19,21). The Morgan fingerprint density at radius 3 is 2.41 bits per heavy atom. The number of amides is 2. The maximum Gasteiger partial charge on any atom is 0.279 e.